The number of pyridine rings is 1. The van der Waals surface area contributed by atoms with Crippen LogP contribution in [0.4, 0.5) is 0 Å². The fraction of sp³-hybridized carbons (Fsp3) is 0.143. The van der Waals surface area contributed by atoms with E-state index in [9.17, 15) is 0 Å². The van der Waals surface area contributed by atoms with Gasteiger partial charge in [-0.15, -0.1) is 0 Å². The van der Waals surface area contributed by atoms with Crippen molar-refractivity contribution in [2.45, 2.75) is 17.8 Å². The van der Waals surface area contributed by atoms with Gasteiger partial charge in [-0.25, -0.2) is 4.98 Å². The highest BCUT2D eigenvalue weighted by atomic mass is 79.9. The van der Waals surface area contributed by atoms with Crippen LogP contribution in [0.2, 0.25) is 0 Å². The number of imidazole rings is 1. The zero-order valence-corrected chi connectivity index (χ0v) is 12.8. The summed E-state index contributed by atoms with van der Waals surface area (Å²) in [6.45, 7) is 2.08. The molecule has 0 bridgehead atoms. The first kappa shape index (κ1) is 12.7. The number of H-pyrrole nitrogens is 1. The van der Waals surface area contributed by atoms with E-state index in [0.717, 1.165) is 26.4 Å². The summed E-state index contributed by atoms with van der Waals surface area (Å²) in [6.07, 6.45) is 3.67. The molecule has 0 saturated carbocycles. The van der Waals surface area contributed by atoms with Crippen LogP contribution in [0.5, 0.6) is 0 Å². The van der Waals surface area contributed by atoms with Gasteiger partial charge in [0.1, 0.15) is 0 Å². The van der Waals surface area contributed by atoms with Gasteiger partial charge in [0, 0.05) is 22.6 Å². The van der Waals surface area contributed by atoms with Crippen LogP contribution in [-0.2, 0) is 5.75 Å². The summed E-state index contributed by atoms with van der Waals surface area (Å²) < 4.78 is 1.01. The van der Waals surface area contributed by atoms with Gasteiger partial charge >= 0.3 is 0 Å². The second kappa shape index (κ2) is 5.35. The quantitative estimate of drug-likeness (QED) is 0.725. The number of benzene rings is 1. The van der Waals surface area contributed by atoms with Crippen LogP contribution in [-0.4, -0.2) is 15.0 Å². The number of nitrogens with zero attached hydrogens (tertiary/aromatic N) is 2. The van der Waals surface area contributed by atoms with Gasteiger partial charge in [0.2, 0.25) is 0 Å². The third kappa shape index (κ3) is 2.98. The Morgan fingerprint density at radius 2 is 2.16 bits per heavy atom. The first-order valence-corrected chi connectivity index (χ1v) is 7.67. The molecule has 0 spiro atoms. The summed E-state index contributed by atoms with van der Waals surface area (Å²) in [5.74, 6) is 0.852. The number of aromatic nitrogens is 3. The molecule has 0 amide bonds. The molecule has 0 fully saturated rings. The molecule has 0 aliphatic carbocycles. The van der Waals surface area contributed by atoms with Crippen molar-refractivity contribution in [2.75, 3.05) is 0 Å². The second-order valence-electron chi connectivity index (χ2n) is 4.36. The van der Waals surface area contributed by atoms with E-state index in [1.54, 1.807) is 18.0 Å². The predicted molar refractivity (Wildman–Crippen MR) is 82.3 cm³/mol. The Hall–Kier alpha value is -1.33. The minimum atomic E-state index is 0.852. The third-order valence-electron chi connectivity index (χ3n) is 2.75. The van der Waals surface area contributed by atoms with Crippen LogP contribution >= 0.6 is 27.7 Å². The van der Waals surface area contributed by atoms with Crippen molar-refractivity contribution >= 4 is 38.7 Å². The maximum Gasteiger partial charge on any atom is 0.166 e. The summed E-state index contributed by atoms with van der Waals surface area (Å²) in [5, 5.41) is 0.945. The molecule has 0 unspecified atom stereocenters. The molecule has 0 saturated heterocycles. The average molecular weight is 334 g/mol. The summed E-state index contributed by atoms with van der Waals surface area (Å²) in [6, 6.07) is 8.32. The van der Waals surface area contributed by atoms with Gasteiger partial charge < -0.3 is 4.98 Å². The monoisotopic (exact) mass is 333 g/mol. The largest absolute Gasteiger partial charge is 0.333 e. The van der Waals surface area contributed by atoms with Gasteiger partial charge in [0.15, 0.2) is 5.16 Å². The third-order valence-corrected chi connectivity index (χ3v) is 4.13. The average Bonchev–Trinajstić information content (AvgIpc) is 2.78. The summed E-state index contributed by atoms with van der Waals surface area (Å²) in [7, 11) is 0. The van der Waals surface area contributed by atoms with E-state index >= 15 is 0 Å². The first-order valence-electron chi connectivity index (χ1n) is 5.89. The molecule has 2 aromatic heterocycles. The van der Waals surface area contributed by atoms with Crippen molar-refractivity contribution in [1.29, 1.82) is 0 Å². The molecule has 0 radical (unpaired) electrons. The molecule has 19 heavy (non-hydrogen) atoms. The number of hydrogen-bond donors (Lipinski definition) is 1. The lowest BCUT2D eigenvalue weighted by Gasteiger charge is -1.98. The Kier molecular flexibility index (Phi) is 3.57. The van der Waals surface area contributed by atoms with Crippen LogP contribution in [0.25, 0.3) is 11.0 Å². The molecule has 0 aliphatic heterocycles. The van der Waals surface area contributed by atoms with Gasteiger partial charge in [-0.1, -0.05) is 17.8 Å². The lowest BCUT2D eigenvalue weighted by Crippen LogP contribution is -1.83. The Balaban J connectivity index is 1.78. The van der Waals surface area contributed by atoms with Gasteiger partial charge in [-0.3, -0.25) is 4.98 Å². The van der Waals surface area contributed by atoms with Gasteiger partial charge in [-0.05, 0) is 52.2 Å². The fourth-order valence-corrected chi connectivity index (χ4v) is 3.07. The minimum absolute atomic E-state index is 0.852. The van der Waals surface area contributed by atoms with E-state index in [1.807, 2.05) is 12.3 Å². The maximum atomic E-state index is 4.57. The first-order chi connectivity index (χ1) is 9.20. The van der Waals surface area contributed by atoms with Crippen molar-refractivity contribution in [3.8, 4) is 0 Å². The maximum absolute atomic E-state index is 4.57. The van der Waals surface area contributed by atoms with E-state index in [4.69, 9.17) is 0 Å². The topological polar surface area (TPSA) is 41.6 Å². The van der Waals surface area contributed by atoms with Crippen molar-refractivity contribution in [2.24, 2.45) is 0 Å². The van der Waals surface area contributed by atoms with Gasteiger partial charge in [0.05, 0.1) is 11.0 Å². The summed E-state index contributed by atoms with van der Waals surface area (Å²) >= 11 is 5.12. The van der Waals surface area contributed by atoms with Crippen molar-refractivity contribution in [3.63, 3.8) is 0 Å². The van der Waals surface area contributed by atoms with Gasteiger partial charge in [-0.2, -0.15) is 0 Å². The number of thioether (sulfide) groups is 1. The molecular weight excluding hydrogens is 322 g/mol. The lowest BCUT2D eigenvalue weighted by atomic mass is 10.2. The second-order valence-corrected chi connectivity index (χ2v) is 6.24. The van der Waals surface area contributed by atoms with E-state index in [-0.39, 0.29) is 0 Å². The van der Waals surface area contributed by atoms with Crippen molar-refractivity contribution < 1.29 is 0 Å². The molecule has 3 aromatic rings. The van der Waals surface area contributed by atoms with Crippen LogP contribution in [0.15, 0.2) is 46.3 Å². The fourth-order valence-electron chi connectivity index (χ4n) is 1.85. The molecule has 1 N–H and O–H groups in total. The van der Waals surface area contributed by atoms with E-state index < -0.39 is 0 Å². The number of fused-ring (bicyclic) bond motifs is 1. The highest BCUT2D eigenvalue weighted by molar-refractivity contribution is 9.10. The number of aromatic amines is 1. The van der Waals surface area contributed by atoms with Crippen LogP contribution in [0.1, 0.15) is 11.1 Å². The van der Waals surface area contributed by atoms with Crippen LogP contribution in [0.3, 0.4) is 0 Å². The Morgan fingerprint density at radius 1 is 1.26 bits per heavy atom. The number of rotatable bonds is 3. The summed E-state index contributed by atoms with van der Waals surface area (Å²) in [5.41, 5.74) is 4.52. The molecule has 5 heteroatoms. The van der Waals surface area contributed by atoms with Crippen LogP contribution < -0.4 is 0 Å². The number of hydrogen-bond acceptors (Lipinski definition) is 3. The summed E-state index contributed by atoms with van der Waals surface area (Å²) in [4.78, 5) is 12.1. The molecule has 0 aliphatic rings. The van der Waals surface area contributed by atoms with E-state index in [1.165, 1.54) is 11.1 Å². The van der Waals surface area contributed by atoms with E-state index in [0.29, 0.717) is 0 Å². The van der Waals surface area contributed by atoms with Crippen molar-refractivity contribution in [3.05, 3.63) is 52.3 Å². The van der Waals surface area contributed by atoms with Crippen LogP contribution in [0, 0.1) is 6.92 Å². The SMILES string of the molecule is Cc1ccc2nc(SCc3cncc(Br)c3)[nH]c2c1. The standard InChI is InChI=1S/C14H12BrN3S/c1-9-2-3-12-13(4-9)18-14(17-12)19-8-10-5-11(15)7-16-6-10/h2-7H,8H2,1H3,(H,17,18). The normalized spacial score (nSPS) is 11.1. The highest BCUT2D eigenvalue weighted by Crippen LogP contribution is 2.24. The zero-order chi connectivity index (χ0) is 13.2. The van der Waals surface area contributed by atoms with Crippen molar-refractivity contribution in [1.82, 2.24) is 15.0 Å². The molecule has 96 valence electrons. The lowest BCUT2D eigenvalue weighted by molar-refractivity contribution is 1.08. The minimum Gasteiger partial charge on any atom is -0.333 e. The molecule has 3 rings (SSSR count). The number of halogens is 1. The van der Waals surface area contributed by atoms with Gasteiger partial charge in [0.25, 0.3) is 0 Å². The highest BCUT2D eigenvalue weighted by Gasteiger charge is 2.04. The Morgan fingerprint density at radius 3 is 3.00 bits per heavy atom. The predicted octanol–water partition coefficient (Wildman–Crippen LogP) is 4.32. The molecular formula is C14H12BrN3S. The molecule has 2 heterocycles. The molecule has 1 aromatic carbocycles. The number of nitrogens with one attached hydrogen (secondary N) is 1. The number of aryl methyl sites for hydroxylation is 1. The smallest absolute Gasteiger partial charge is 0.166 e. The molecule has 0 atom stereocenters. The Labute approximate surface area is 124 Å². The zero-order valence-electron chi connectivity index (χ0n) is 10.4. The molecule has 3 nitrogen and oxygen atoms in total. The Bertz CT molecular complexity index is 724. The van der Waals surface area contributed by atoms with E-state index in [2.05, 4.69) is 56.0 Å².